The van der Waals surface area contributed by atoms with Crippen LogP contribution in [0.5, 0.6) is 5.75 Å². The van der Waals surface area contributed by atoms with E-state index >= 15 is 0 Å². The molecule has 1 amide bonds. The Labute approximate surface area is 188 Å². The van der Waals surface area contributed by atoms with Gasteiger partial charge in [-0.3, -0.25) is 19.3 Å². The summed E-state index contributed by atoms with van der Waals surface area (Å²) in [5.41, 5.74) is 1.30. The fourth-order valence-electron chi connectivity index (χ4n) is 4.26. The van der Waals surface area contributed by atoms with Gasteiger partial charge in [0.1, 0.15) is 24.0 Å². The van der Waals surface area contributed by atoms with Crippen molar-refractivity contribution in [2.24, 2.45) is 0 Å². The number of ether oxygens (including phenoxy) is 1. The summed E-state index contributed by atoms with van der Waals surface area (Å²) in [6, 6.07) is 7.60. The predicted molar refractivity (Wildman–Crippen MR) is 118 cm³/mol. The number of hydrogen-bond acceptors (Lipinski definition) is 7. The molecule has 0 saturated carbocycles. The van der Waals surface area contributed by atoms with Gasteiger partial charge in [0, 0.05) is 25.6 Å². The van der Waals surface area contributed by atoms with Gasteiger partial charge in [-0.15, -0.1) is 0 Å². The van der Waals surface area contributed by atoms with E-state index in [-0.39, 0.29) is 36.3 Å². The predicted octanol–water partition coefficient (Wildman–Crippen LogP) is 1.22. The highest BCUT2D eigenvalue weighted by atomic mass is 19.1. The van der Waals surface area contributed by atoms with Crippen LogP contribution in [0.25, 0.3) is 11.0 Å². The fourth-order valence-corrected chi connectivity index (χ4v) is 4.26. The lowest BCUT2D eigenvalue weighted by atomic mass is 10.1. The molecule has 1 N–H and O–H groups in total. The number of nitrogens with zero attached hydrogens (tertiary/aromatic N) is 4. The average molecular weight is 451 g/mol. The molecule has 33 heavy (non-hydrogen) atoms. The maximum Gasteiger partial charge on any atom is 0.269 e. The number of pyridine rings is 1. The summed E-state index contributed by atoms with van der Waals surface area (Å²) in [7, 11) is 0. The number of aryl methyl sites for hydroxylation is 1. The Bertz CT molecular complexity index is 1310. The molecule has 1 fully saturated rings. The maximum absolute atomic E-state index is 13.6. The number of Topliss-reactive ketones (excluding diaryl/α,β-unsaturated/α-hetero) is 1. The van der Waals surface area contributed by atoms with Crippen molar-refractivity contribution in [2.45, 2.75) is 31.8 Å². The monoisotopic (exact) mass is 451 g/mol. The standard InChI is InChI=1S/C23H22FN5O4/c24-14-2-3-17-19(8-14)28(23(32)11-26-17)7-1-6-25-15-9-22(31)29(12-15)21-5-4-20-18(27-21)10-16(30)13-33-20/h2-5,8,11,15,25H,1,6-7,9-10,12-13H2/t15-/m1/s1. The molecule has 4 heterocycles. The number of nitrogens with one attached hydrogen (secondary N) is 1. The number of anilines is 1. The van der Waals surface area contributed by atoms with Crippen LogP contribution in [0.15, 0.2) is 41.3 Å². The van der Waals surface area contributed by atoms with Crippen molar-refractivity contribution >= 4 is 28.5 Å². The minimum atomic E-state index is -0.418. The summed E-state index contributed by atoms with van der Waals surface area (Å²) in [5.74, 6) is 0.591. The van der Waals surface area contributed by atoms with Gasteiger partial charge in [0.15, 0.2) is 5.78 Å². The zero-order valence-electron chi connectivity index (χ0n) is 17.8. The molecule has 5 rings (SSSR count). The first-order valence-electron chi connectivity index (χ1n) is 10.8. The first-order valence-corrected chi connectivity index (χ1v) is 10.8. The van der Waals surface area contributed by atoms with Crippen molar-refractivity contribution in [3.63, 3.8) is 0 Å². The molecule has 9 nitrogen and oxygen atoms in total. The largest absolute Gasteiger partial charge is 0.484 e. The van der Waals surface area contributed by atoms with Gasteiger partial charge in [-0.05, 0) is 43.3 Å². The average Bonchev–Trinajstić information content (AvgIpc) is 3.17. The smallest absolute Gasteiger partial charge is 0.269 e. The van der Waals surface area contributed by atoms with E-state index in [1.165, 1.54) is 22.9 Å². The van der Waals surface area contributed by atoms with Crippen molar-refractivity contribution in [2.75, 3.05) is 24.6 Å². The Morgan fingerprint density at radius 3 is 2.94 bits per heavy atom. The summed E-state index contributed by atoms with van der Waals surface area (Å²) < 4.78 is 20.5. The topological polar surface area (TPSA) is 106 Å². The van der Waals surface area contributed by atoms with Gasteiger partial charge in [0.2, 0.25) is 5.91 Å². The van der Waals surface area contributed by atoms with Gasteiger partial charge in [0.05, 0.1) is 29.3 Å². The molecule has 0 unspecified atom stereocenters. The van der Waals surface area contributed by atoms with Crippen LogP contribution in [0, 0.1) is 5.82 Å². The molecule has 0 bridgehead atoms. The number of benzene rings is 1. The number of fused-ring (bicyclic) bond motifs is 2. The molecule has 0 aliphatic carbocycles. The lowest BCUT2D eigenvalue weighted by molar-refractivity contribution is -0.121. The van der Waals surface area contributed by atoms with E-state index in [2.05, 4.69) is 15.3 Å². The highest BCUT2D eigenvalue weighted by molar-refractivity contribution is 5.95. The van der Waals surface area contributed by atoms with Gasteiger partial charge >= 0.3 is 0 Å². The number of carbonyl (C=O) groups is 2. The van der Waals surface area contributed by atoms with Crippen LogP contribution < -0.4 is 20.5 Å². The second-order valence-electron chi connectivity index (χ2n) is 8.21. The number of rotatable bonds is 6. The molecule has 2 aliphatic heterocycles. The van der Waals surface area contributed by atoms with E-state index in [4.69, 9.17) is 4.74 Å². The summed E-state index contributed by atoms with van der Waals surface area (Å²) in [6.07, 6.45) is 2.40. The second-order valence-corrected chi connectivity index (χ2v) is 8.21. The van der Waals surface area contributed by atoms with Crippen molar-refractivity contribution in [3.05, 3.63) is 58.4 Å². The quantitative estimate of drug-likeness (QED) is 0.562. The Morgan fingerprint density at radius 1 is 1.18 bits per heavy atom. The Kier molecular flexibility index (Phi) is 5.59. The second kappa shape index (κ2) is 8.70. The van der Waals surface area contributed by atoms with Gasteiger partial charge < -0.3 is 14.6 Å². The maximum atomic E-state index is 13.6. The molecule has 0 radical (unpaired) electrons. The van der Waals surface area contributed by atoms with Crippen molar-refractivity contribution in [1.82, 2.24) is 19.9 Å². The van der Waals surface area contributed by atoms with E-state index in [9.17, 15) is 18.8 Å². The third kappa shape index (κ3) is 4.34. The van der Waals surface area contributed by atoms with Crippen LogP contribution in [0.1, 0.15) is 18.5 Å². The highest BCUT2D eigenvalue weighted by Gasteiger charge is 2.32. The first-order chi connectivity index (χ1) is 16.0. The number of carbonyl (C=O) groups excluding carboxylic acids is 2. The normalized spacial score (nSPS) is 18.0. The molecule has 10 heteroatoms. The molecule has 170 valence electrons. The molecule has 1 atom stereocenters. The van der Waals surface area contributed by atoms with E-state index in [1.807, 2.05) is 0 Å². The molecular weight excluding hydrogens is 429 g/mol. The van der Waals surface area contributed by atoms with Gasteiger partial charge in [-0.2, -0.15) is 0 Å². The summed E-state index contributed by atoms with van der Waals surface area (Å²) in [5, 5.41) is 3.36. The van der Waals surface area contributed by atoms with Crippen LogP contribution in [0.3, 0.4) is 0 Å². The number of aromatic nitrogens is 3. The number of halogens is 1. The summed E-state index contributed by atoms with van der Waals surface area (Å²) in [6.45, 7) is 1.50. The number of ketones is 1. The minimum Gasteiger partial charge on any atom is -0.484 e. The SMILES string of the molecule is O=C1COc2ccc(N3C[C@H](NCCCn4c(=O)cnc5ccc(F)cc54)CC3=O)nc2C1. The molecule has 2 aromatic heterocycles. The molecule has 3 aromatic rings. The Hall–Kier alpha value is -3.66. The molecule has 2 aliphatic rings. The fraction of sp³-hybridized carbons (Fsp3) is 0.348. The van der Waals surface area contributed by atoms with E-state index in [0.717, 1.165) is 0 Å². The van der Waals surface area contributed by atoms with Crippen LogP contribution in [-0.4, -0.2) is 52.0 Å². The van der Waals surface area contributed by atoms with Gasteiger partial charge in [-0.25, -0.2) is 14.4 Å². The van der Waals surface area contributed by atoms with E-state index < -0.39 is 5.82 Å². The van der Waals surface area contributed by atoms with Gasteiger partial charge in [0.25, 0.3) is 5.56 Å². The van der Waals surface area contributed by atoms with Crippen molar-refractivity contribution in [1.29, 1.82) is 0 Å². The van der Waals surface area contributed by atoms with Gasteiger partial charge in [-0.1, -0.05) is 0 Å². The molecule has 1 aromatic carbocycles. The number of amides is 1. The van der Waals surface area contributed by atoms with Crippen molar-refractivity contribution in [3.8, 4) is 5.75 Å². The van der Waals surface area contributed by atoms with Crippen molar-refractivity contribution < 1.29 is 18.7 Å². The zero-order chi connectivity index (χ0) is 22.9. The van der Waals surface area contributed by atoms with E-state index in [0.29, 0.717) is 60.8 Å². The first kappa shape index (κ1) is 21.2. The van der Waals surface area contributed by atoms with Crippen LogP contribution in [0.2, 0.25) is 0 Å². The Balaban J connectivity index is 1.19. The number of hydrogen-bond donors (Lipinski definition) is 1. The molecular formula is C23H22FN5O4. The molecule has 0 spiro atoms. The lowest BCUT2D eigenvalue weighted by Gasteiger charge is -2.20. The Morgan fingerprint density at radius 2 is 2.06 bits per heavy atom. The molecule has 1 saturated heterocycles. The zero-order valence-corrected chi connectivity index (χ0v) is 17.8. The highest BCUT2D eigenvalue weighted by Crippen LogP contribution is 2.27. The van der Waals surface area contributed by atoms with Crippen LogP contribution in [-0.2, 0) is 22.6 Å². The van der Waals surface area contributed by atoms with E-state index in [1.54, 1.807) is 23.1 Å². The van der Waals surface area contributed by atoms with Crippen LogP contribution >= 0.6 is 0 Å². The third-order valence-electron chi connectivity index (χ3n) is 5.87. The third-order valence-corrected chi connectivity index (χ3v) is 5.87. The summed E-state index contributed by atoms with van der Waals surface area (Å²) >= 11 is 0. The van der Waals surface area contributed by atoms with Crippen LogP contribution in [0.4, 0.5) is 10.2 Å². The summed E-state index contributed by atoms with van der Waals surface area (Å²) in [4.78, 5) is 46.6. The minimum absolute atomic E-state index is 0.0386. The lowest BCUT2D eigenvalue weighted by Crippen LogP contribution is -2.34.